The van der Waals surface area contributed by atoms with Gasteiger partial charge in [0, 0.05) is 26.2 Å². The highest BCUT2D eigenvalue weighted by atomic mass is 127. The second kappa shape index (κ2) is 10.1. The van der Waals surface area contributed by atoms with Crippen LogP contribution in [0.25, 0.3) is 0 Å². The minimum Gasteiger partial charge on any atom is -0.494 e. The summed E-state index contributed by atoms with van der Waals surface area (Å²) in [5, 5.41) is 14.7. The Morgan fingerprint density at radius 3 is 2.54 bits per heavy atom. The molecule has 0 saturated heterocycles. The second-order valence-corrected chi connectivity index (χ2v) is 5.04. The number of aromatic nitrogens is 3. The van der Waals surface area contributed by atoms with Crippen LogP contribution in [0.1, 0.15) is 24.1 Å². The summed E-state index contributed by atoms with van der Waals surface area (Å²) < 4.78 is 7.58. The molecule has 1 aromatic carbocycles. The SMILES string of the molecule is CCOc1ccccc1CNC(=NC)NCc1nnc(C)n1C.I. The van der Waals surface area contributed by atoms with Crippen LogP contribution >= 0.6 is 24.0 Å². The summed E-state index contributed by atoms with van der Waals surface area (Å²) in [6.45, 7) is 5.75. The summed E-state index contributed by atoms with van der Waals surface area (Å²) in [7, 11) is 3.69. The number of aryl methyl sites for hydroxylation is 1. The monoisotopic (exact) mass is 444 g/mol. The Balaban J connectivity index is 0.00000288. The van der Waals surface area contributed by atoms with Gasteiger partial charge in [-0.3, -0.25) is 4.99 Å². The third-order valence-corrected chi connectivity index (χ3v) is 3.54. The van der Waals surface area contributed by atoms with Crippen molar-refractivity contribution < 1.29 is 4.74 Å². The predicted octanol–water partition coefficient (Wildman–Crippen LogP) is 2.01. The van der Waals surface area contributed by atoms with E-state index in [9.17, 15) is 0 Å². The first-order chi connectivity index (χ1) is 11.2. The van der Waals surface area contributed by atoms with E-state index in [2.05, 4.69) is 25.8 Å². The van der Waals surface area contributed by atoms with E-state index in [1.165, 1.54) is 0 Å². The van der Waals surface area contributed by atoms with E-state index < -0.39 is 0 Å². The van der Waals surface area contributed by atoms with E-state index in [0.717, 1.165) is 23.0 Å². The Bertz CT molecular complexity index is 670. The number of halogens is 1. The zero-order chi connectivity index (χ0) is 16.7. The van der Waals surface area contributed by atoms with Gasteiger partial charge in [0.1, 0.15) is 11.6 Å². The van der Waals surface area contributed by atoms with Crippen molar-refractivity contribution in [2.45, 2.75) is 26.9 Å². The molecule has 2 rings (SSSR count). The van der Waals surface area contributed by atoms with Gasteiger partial charge in [-0.05, 0) is 19.9 Å². The summed E-state index contributed by atoms with van der Waals surface area (Å²) in [6.07, 6.45) is 0. The van der Waals surface area contributed by atoms with Crippen LogP contribution in [-0.4, -0.2) is 34.4 Å². The van der Waals surface area contributed by atoms with Crippen LogP contribution in [0.4, 0.5) is 0 Å². The van der Waals surface area contributed by atoms with E-state index >= 15 is 0 Å². The summed E-state index contributed by atoms with van der Waals surface area (Å²) in [6, 6.07) is 7.98. The summed E-state index contributed by atoms with van der Waals surface area (Å²) >= 11 is 0. The third kappa shape index (κ3) is 5.36. The lowest BCUT2D eigenvalue weighted by Gasteiger charge is -2.14. The van der Waals surface area contributed by atoms with E-state index in [1.54, 1.807) is 7.05 Å². The first-order valence-corrected chi connectivity index (χ1v) is 7.65. The first kappa shape index (κ1) is 20.2. The molecule has 1 heterocycles. The molecule has 2 N–H and O–H groups in total. The van der Waals surface area contributed by atoms with Gasteiger partial charge in [0.15, 0.2) is 11.8 Å². The van der Waals surface area contributed by atoms with Crippen molar-refractivity contribution in [1.82, 2.24) is 25.4 Å². The number of rotatable bonds is 6. The Morgan fingerprint density at radius 2 is 1.92 bits per heavy atom. The van der Waals surface area contributed by atoms with Crippen molar-refractivity contribution >= 4 is 29.9 Å². The van der Waals surface area contributed by atoms with E-state index in [1.807, 2.05) is 49.7 Å². The van der Waals surface area contributed by atoms with E-state index in [4.69, 9.17) is 4.74 Å². The molecule has 24 heavy (non-hydrogen) atoms. The molecular weight excluding hydrogens is 419 g/mol. The highest BCUT2D eigenvalue weighted by Crippen LogP contribution is 2.17. The van der Waals surface area contributed by atoms with E-state index in [0.29, 0.717) is 25.7 Å². The zero-order valence-electron chi connectivity index (χ0n) is 14.5. The van der Waals surface area contributed by atoms with Gasteiger partial charge in [-0.2, -0.15) is 0 Å². The molecule has 0 unspecified atom stereocenters. The van der Waals surface area contributed by atoms with Gasteiger partial charge in [-0.1, -0.05) is 18.2 Å². The van der Waals surface area contributed by atoms with Crippen LogP contribution in [0.15, 0.2) is 29.3 Å². The minimum absolute atomic E-state index is 0. The zero-order valence-corrected chi connectivity index (χ0v) is 16.9. The van der Waals surface area contributed by atoms with Gasteiger partial charge < -0.3 is 19.9 Å². The standard InChI is InChI=1S/C16H24N6O.HI/c1-5-23-14-9-7-6-8-13(14)10-18-16(17-3)19-11-15-21-20-12(2)22(15)4;/h6-9H,5,10-11H2,1-4H3,(H2,17,18,19);1H. The van der Waals surface area contributed by atoms with Crippen molar-refractivity contribution in [3.05, 3.63) is 41.5 Å². The quantitative estimate of drug-likeness (QED) is 0.405. The van der Waals surface area contributed by atoms with Crippen molar-refractivity contribution in [2.75, 3.05) is 13.7 Å². The number of nitrogens with zero attached hydrogens (tertiary/aromatic N) is 4. The average molecular weight is 444 g/mol. The first-order valence-electron chi connectivity index (χ1n) is 7.65. The van der Waals surface area contributed by atoms with Crippen molar-refractivity contribution in [3.8, 4) is 5.75 Å². The average Bonchev–Trinajstić information content (AvgIpc) is 2.88. The molecule has 0 atom stereocenters. The Morgan fingerprint density at radius 1 is 1.21 bits per heavy atom. The molecule has 1 aromatic heterocycles. The van der Waals surface area contributed by atoms with Gasteiger partial charge >= 0.3 is 0 Å². The molecule has 0 fully saturated rings. The maximum absolute atomic E-state index is 5.63. The van der Waals surface area contributed by atoms with Crippen molar-refractivity contribution in [1.29, 1.82) is 0 Å². The fourth-order valence-electron chi connectivity index (χ4n) is 2.11. The Labute approximate surface area is 159 Å². The topological polar surface area (TPSA) is 76.4 Å². The summed E-state index contributed by atoms with van der Waals surface area (Å²) in [4.78, 5) is 4.23. The number of hydrogen-bond donors (Lipinski definition) is 2. The second-order valence-electron chi connectivity index (χ2n) is 5.04. The third-order valence-electron chi connectivity index (χ3n) is 3.54. The number of hydrogen-bond acceptors (Lipinski definition) is 4. The van der Waals surface area contributed by atoms with Gasteiger partial charge in [-0.25, -0.2) is 0 Å². The lowest BCUT2D eigenvalue weighted by atomic mass is 10.2. The van der Waals surface area contributed by atoms with Crippen LogP contribution < -0.4 is 15.4 Å². The fraction of sp³-hybridized carbons (Fsp3) is 0.438. The Hall–Kier alpha value is -1.84. The molecule has 0 aliphatic heterocycles. The number of benzene rings is 1. The highest BCUT2D eigenvalue weighted by molar-refractivity contribution is 14.0. The summed E-state index contributed by atoms with van der Waals surface area (Å²) in [5.74, 6) is 3.34. The minimum atomic E-state index is 0. The number of guanidine groups is 1. The van der Waals surface area contributed by atoms with Crippen LogP contribution in [0, 0.1) is 6.92 Å². The van der Waals surface area contributed by atoms with Crippen LogP contribution in [0.3, 0.4) is 0 Å². The maximum atomic E-state index is 5.63. The summed E-state index contributed by atoms with van der Waals surface area (Å²) in [5.41, 5.74) is 1.09. The normalized spacial score (nSPS) is 10.9. The van der Waals surface area contributed by atoms with Gasteiger partial charge in [0.2, 0.25) is 0 Å². The molecule has 0 aliphatic rings. The lowest BCUT2D eigenvalue weighted by Crippen LogP contribution is -2.37. The number of aliphatic imine (C=N–C) groups is 1. The molecule has 0 radical (unpaired) electrons. The largest absolute Gasteiger partial charge is 0.494 e. The number of nitrogens with one attached hydrogen (secondary N) is 2. The van der Waals surface area contributed by atoms with E-state index in [-0.39, 0.29) is 24.0 Å². The van der Waals surface area contributed by atoms with Crippen LogP contribution in [0.5, 0.6) is 5.75 Å². The molecular formula is C16H25IN6O. The number of ether oxygens (including phenoxy) is 1. The molecule has 0 aliphatic carbocycles. The molecule has 132 valence electrons. The maximum Gasteiger partial charge on any atom is 0.191 e. The van der Waals surface area contributed by atoms with Gasteiger partial charge in [0.05, 0.1) is 13.2 Å². The molecule has 7 nitrogen and oxygen atoms in total. The molecule has 2 aromatic rings. The van der Waals surface area contributed by atoms with Gasteiger partial charge in [0.25, 0.3) is 0 Å². The molecule has 0 spiro atoms. The molecule has 0 bridgehead atoms. The predicted molar refractivity (Wildman–Crippen MR) is 106 cm³/mol. The molecule has 8 heteroatoms. The Kier molecular flexibility index (Phi) is 8.51. The van der Waals surface area contributed by atoms with Crippen molar-refractivity contribution in [3.63, 3.8) is 0 Å². The van der Waals surface area contributed by atoms with Crippen molar-refractivity contribution in [2.24, 2.45) is 12.0 Å². The molecule has 0 saturated carbocycles. The smallest absolute Gasteiger partial charge is 0.191 e. The van der Waals surface area contributed by atoms with Crippen LogP contribution in [-0.2, 0) is 20.1 Å². The lowest BCUT2D eigenvalue weighted by molar-refractivity contribution is 0.336. The highest BCUT2D eigenvalue weighted by Gasteiger charge is 2.07. The molecule has 0 amide bonds. The van der Waals surface area contributed by atoms with Gasteiger partial charge in [-0.15, -0.1) is 34.2 Å². The number of para-hydroxylation sites is 1. The van der Waals surface area contributed by atoms with Crippen LogP contribution in [0.2, 0.25) is 0 Å². The fourth-order valence-corrected chi connectivity index (χ4v) is 2.11.